The van der Waals surface area contributed by atoms with E-state index < -0.39 is 12.0 Å². The van der Waals surface area contributed by atoms with Crippen molar-refractivity contribution in [3.8, 4) is 5.75 Å². The summed E-state index contributed by atoms with van der Waals surface area (Å²) in [6.07, 6.45) is 15.4. The van der Waals surface area contributed by atoms with Crippen LogP contribution in [-0.4, -0.2) is 42.7 Å². The zero-order valence-electron chi connectivity index (χ0n) is 20.6. The quantitative estimate of drug-likeness (QED) is 0.256. The summed E-state index contributed by atoms with van der Waals surface area (Å²) in [6.45, 7) is 3.09. The second-order valence-electron chi connectivity index (χ2n) is 9.47. The van der Waals surface area contributed by atoms with Crippen molar-refractivity contribution in [2.45, 2.75) is 102 Å². The molecule has 3 atom stereocenters. The van der Waals surface area contributed by atoms with Crippen LogP contribution in [0.2, 0.25) is 0 Å². The van der Waals surface area contributed by atoms with Crippen LogP contribution in [0.4, 0.5) is 0 Å². The summed E-state index contributed by atoms with van der Waals surface area (Å²) in [5, 5.41) is 15.7. The van der Waals surface area contributed by atoms with Gasteiger partial charge >= 0.3 is 5.97 Å². The van der Waals surface area contributed by atoms with Gasteiger partial charge in [0.1, 0.15) is 11.8 Å². The third-order valence-corrected chi connectivity index (χ3v) is 6.72. The Balaban J connectivity index is 1.72. The molecule has 1 fully saturated rings. The molecule has 186 valence electrons. The fourth-order valence-corrected chi connectivity index (χ4v) is 4.68. The highest BCUT2D eigenvalue weighted by atomic mass is 16.5. The highest BCUT2D eigenvalue weighted by Gasteiger charge is 2.30. The standard InChI is InChI=1S/C27H44N2O4/c1-3-4-5-6-7-8-9-10-11-12-21-17-18-28-24(19-21)26(31)29-25(27(32)33-2)20-22-13-15-23(30)16-14-22/h13-16,21,24-25,28,30H,3-12,17-20H2,1-2H3,(H,29,31)/t21-,24+,25+/m1/s1. The predicted molar refractivity (Wildman–Crippen MR) is 132 cm³/mol. The number of piperidine rings is 1. The third kappa shape index (κ3) is 10.6. The first-order valence-corrected chi connectivity index (χ1v) is 12.9. The number of rotatable bonds is 15. The maximum Gasteiger partial charge on any atom is 0.328 e. The van der Waals surface area contributed by atoms with Gasteiger partial charge in [-0.05, 0) is 43.0 Å². The van der Waals surface area contributed by atoms with E-state index in [4.69, 9.17) is 4.74 Å². The number of amides is 1. The van der Waals surface area contributed by atoms with Crippen LogP contribution in [0.3, 0.4) is 0 Å². The molecule has 0 saturated carbocycles. The molecule has 0 aromatic heterocycles. The number of methoxy groups -OCH3 is 1. The van der Waals surface area contributed by atoms with Crippen LogP contribution in [0.5, 0.6) is 5.75 Å². The minimum atomic E-state index is -0.744. The van der Waals surface area contributed by atoms with Crippen molar-refractivity contribution in [1.29, 1.82) is 0 Å². The summed E-state index contributed by atoms with van der Waals surface area (Å²) < 4.78 is 4.91. The Kier molecular flexibility index (Phi) is 12.9. The molecule has 1 aliphatic rings. The lowest BCUT2D eigenvalue weighted by Crippen LogP contribution is -2.53. The molecule has 1 aromatic rings. The molecule has 1 saturated heterocycles. The summed E-state index contributed by atoms with van der Waals surface area (Å²) in [5.41, 5.74) is 0.850. The number of nitrogens with one attached hydrogen (secondary N) is 2. The fourth-order valence-electron chi connectivity index (χ4n) is 4.68. The zero-order chi connectivity index (χ0) is 23.9. The Morgan fingerprint density at radius 1 is 1.06 bits per heavy atom. The van der Waals surface area contributed by atoms with Crippen molar-refractivity contribution < 1.29 is 19.4 Å². The van der Waals surface area contributed by atoms with Gasteiger partial charge in [-0.25, -0.2) is 4.79 Å². The van der Waals surface area contributed by atoms with E-state index in [2.05, 4.69) is 17.6 Å². The lowest BCUT2D eigenvalue weighted by atomic mass is 9.87. The van der Waals surface area contributed by atoms with Gasteiger partial charge in [0.2, 0.25) is 5.91 Å². The molecule has 1 heterocycles. The number of unbranched alkanes of at least 4 members (excludes halogenated alkanes) is 8. The number of aromatic hydroxyl groups is 1. The first kappa shape index (κ1) is 27.2. The molecule has 3 N–H and O–H groups in total. The van der Waals surface area contributed by atoms with E-state index in [9.17, 15) is 14.7 Å². The highest BCUT2D eigenvalue weighted by Crippen LogP contribution is 2.23. The molecule has 33 heavy (non-hydrogen) atoms. The van der Waals surface area contributed by atoms with E-state index >= 15 is 0 Å². The number of ether oxygens (including phenoxy) is 1. The molecule has 1 aliphatic heterocycles. The van der Waals surface area contributed by atoms with Gasteiger partial charge in [0.05, 0.1) is 13.2 Å². The molecular weight excluding hydrogens is 416 g/mol. The van der Waals surface area contributed by atoms with Crippen molar-refractivity contribution in [1.82, 2.24) is 10.6 Å². The predicted octanol–water partition coefficient (Wildman–Crippen LogP) is 4.88. The van der Waals surface area contributed by atoms with Gasteiger partial charge in [-0.3, -0.25) is 4.79 Å². The second-order valence-corrected chi connectivity index (χ2v) is 9.47. The first-order valence-electron chi connectivity index (χ1n) is 12.9. The van der Waals surface area contributed by atoms with Crippen LogP contribution in [0, 0.1) is 5.92 Å². The fraction of sp³-hybridized carbons (Fsp3) is 0.704. The number of hydrogen-bond acceptors (Lipinski definition) is 5. The van der Waals surface area contributed by atoms with E-state index in [1.807, 2.05) is 0 Å². The van der Waals surface area contributed by atoms with E-state index in [0.717, 1.165) is 24.9 Å². The Morgan fingerprint density at radius 2 is 1.70 bits per heavy atom. The Labute approximate surface area is 199 Å². The van der Waals surface area contributed by atoms with Crippen LogP contribution in [0.1, 0.15) is 89.5 Å². The molecule has 0 bridgehead atoms. The molecule has 1 amide bonds. The van der Waals surface area contributed by atoms with E-state index in [1.165, 1.54) is 71.3 Å². The highest BCUT2D eigenvalue weighted by molar-refractivity contribution is 5.87. The number of benzene rings is 1. The average Bonchev–Trinajstić information content (AvgIpc) is 2.83. The van der Waals surface area contributed by atoms with Gasteiger partial charge in [-0.2, -0.15) is 0 Å². The molecular formula is C27H44N2O4. The number of phenols is 1. The van der Waals surface area contributed by atoms with Crippen molar-refractivity contribution in [3.63, 3.8) is 0 Å². The van der Waals surface area contributed by atoms with Crippen LogP contribution < -0.4 is 10.6 Å². The molecule has 1 aromatic carbocycles. The average molecular weight is 461 g/mol. The van der Waals surface area contributed by atoms with Crippen LogP contribution >= 0.6 is 0 Å². The molecule has 0 spiro atoms. The summed E-state index contributed by atoms with van der Waals surface area (Å²) in [4.78, 5) is 25.2. The van der Waals surface area contributed by atoms with Crippen LogP contribution in [-0.2, 0) is 20.7 Å². The van der Waals surface area contributed by atoms with Crippen LogP contribution in [0.15, 0.2) is 24.3 Å². The lowest BCUT2D eigenvalue weighted by molar-refractivity contribution is -0.145. The van der Waals surface area contributed by atoms with Gasteiger partial charge in [0, 0.05) is 6.42 Å². The maximum absolute atomic E-state index is 12.9. The molecule has 2 rings (SSSR count). The van der Waals surface area contributed by atoms with Crippen molar-refractivity contribution >= 4 is 11.9 Å². The van der Waals surface area contributed by atoms with Crippen molar-refractivity contribution in [3.05, 3.63) is 29.8 Å². The second kappa shape index (κ2) is 15.7. The summed E-state index contributed by atoms with van der Waals surface area (Å²) in [5.74, 6) is 0.126. The van der Waals surface area contributed by atoms with Crippen molar-refractivity contribution in [2.24, 2.45) is 5.92 Å². The van der Waals surface area contributed by atoms with Gasteiger partial charge in [-0.1, -0.05) is 83.3 Å². The largest absolute Gasteiger partial charge is 0.508 e. The molecule has 6 heteroatoms. The van der Waals surface area contributed by atoms with Gasteiger partial charge in [0.25, 0.3) is 0 Å². The zero-order valence-corrected chi connectivity index (χ0v) is 20.6. The molecule has 0 unspecified atom stereocenters. The Morgan fingerprint density at radius 3 is 2.33 bits per heavy atom. The number of carbonyl (C=O) groups excluding carboxylic acids is 2. The number of phenolic OH excluding ortho intramolecular Hbond substituents is 1. The van der Waals surface area contributed by atoms with Crippen LogP contribution in [0.25, 0.3) is 0 Å². The summed E-state index contributed by atoms with van der Waals surface area (Å²) in [6, 6.07) is 5.63. The minimum Gasteiger partial charge on any atom is -0.508 e. The monoisotopic (exact) mass is 460 g/mol. The normalized spacial score (nSPS) is 19.1. The third-order valence-electron chi connectivity index (χ3n) is 6.72. The smallest absolute Gasteiger partial charge is 0.328 e. The topological polar surface area (TPSA) is 87.7 Å². The lowest BCUT2D eigenvalue weighted by Gasteiger charge is -2.30. The van der Waals surface area contributed by atoms with Gasteiger partial charge in [0.15, 0.2) is 0 Å². The van der Waals surface area contributed by atoms with Gasteiger partial charge < -0.3 is 20.5 Å². The molecule has 6 nitrogen and oxygen atoms in total. The van der Waals surface area contributed by atoms with Crippen molar-refractivity contribution in [2.75, 3.05) is 13.7 Å². The molecule has 0 aliphatic carbocycles. The van der Waals surface area contributed by atoms with E-state index in [-0.39, 0.29) is 17.7 Å². The van der Waals surface area contributed by atoms with E-state index in [0.29, 0.717) is 12.3 Å². The Hall–Kier alpha value is -2.08. The van der Waals surface area contributed by atoms with E-state index in [1.54, 1.807) is 24.3 Å². The van der Waals surface area contributed by atoms with Gasteiger partial charge in [-0.15, -0.1) is 0 Å². The first-order chi connectivity index (χ1) is 16.0. The number of hydrogen-bond donors (Lipinski definition) is 3. The molecule has 0 radical (unpaired) electrons. The minimum absolute atomic E-state index is 0.138. The number of esters is 1. The summed E-state index contributed by atoms with van der Waals surface area (Å²) in [7, 11) is 1.33. The summed E-state index contributed by atoms with van der Waals surface area (Å²) >= 11 is 0. The Bertz CT molecular complexity index is 692. The SMILES string of the molecule is CCCCCCCCCCC[C@@H]1CCN[C@H](C(=O)N[C@@H](Cc2ccc(O)cc2)C(=O)OC)C1. The number of carbonyl (C=O) groups is 2. The maximum atomic E-state index is 12.9.